The van der Waals surface area contributed by atoms with Gasteiger partial charge in [-0.1, -0.05) is 121 Å². The van der Waals surface area contributed by atoms with Crippen molar-refractivity contribution in [2.75, 3.05) is 6.54 Å². The lowest BCUT2D eigenvalue weighted by atomic mass is 10.0. The summed E-state index contributed by atoms with van der Waals surface area (Å²) in [6.45, 7) is 4.86. The zero-order valence-corrected chi connectivity index (χ0v) is 31.8. The van der Waals surface area contributed by atoms with E-state index in [-0.39, 0.29) is 18.0 Å². The molecule has 0 aliphatic rings. The van der Waals surface area contributed by atoms with Gasteiger partial charge in [-0.2, -0.15) is 0 Å². The Morgan fingerprint density at radius 3 is 1.76 bits per heavy atom. The number of hydrogen-bond acceptors (Lipinski definition) is 5. The van der Waals surface area contributed by atoms with Gasteiger partial charge in [0.15, 0.2) is 0 Å². The molecule has 7 heteroatoms. The number of rotatable bonds is 36. The minimum absolute atomic E-state index is 0.0318. The third kappa shape index (κ3) is 33.8. The summed E-state index contributed by atoms with van der Waals surface area (Å²) in [6, 6.07) is -0.860. The Bertz CT molecular complexity index is 869. The topological polar surface area (TPSA) is 119 Å². The van der Waals surface area contributed by atoms with Crippen LogP contribution >= 0.6 is 0 Å². The van der Waals surface area contributed by atoms with Crippen LogP contribution in [0.3, 0.4) is 0 Å². The number of hydrogen-bond donors (Lipinski definition) is 3. The van der Waals surface area contributed by atoms with E-state index in [1.54, 1.807) is 0 Å². The first-order chi connectivity index (χ1) is 23.9. The molecule has 0 radical (unpaired) electrons. The monoisotopic (exact) mass is 689 g/mol. The van der Waals surface area contributed by atoms with Gasteiger partial charge >= 0.3 is 11.9 Å². The molecule has 284 valence electrons. The molecule has 0 saturated heterocycles. The second kappa shape index (κ2) is 36.9. The zero-order chi connectivity index (χ0) is 36.0. The molecule has 0 aliphatic heterocycles. The fourth-order valence-corrected chi connectivity index (χ4v) is 5.84. The maximum atomic E-state index is 12.7. The number of aliphatic carboxylic acids is 1. The minimum atomic E-state index is -1.01. The van der Waals surface area contributed by atoms with E-state index in [4.69, 9.17) is 10.5 Å². The molecule has 2 atom stereocenters. The molecule has 7 nitrogen and oxygen atoms in total. The Labute approximate surface area is 301 Å². The largest absolute Gasteiger partial charge is 0.480 e. The van der Waals surface area contributed by atoms with Crippen molar-refractivity contribution in [2.45, 2.75) is 206 Å². The van der Waals surface area contributed by atoms with Crippen LogP contribution in [-0.4, -0.2) is 41.6 Å². The molecular formula is C42H76N2O5. The summed E-state index contributed by atoms with van der Waals surface area (Å²) < 4.78 is 5.99. The highest BCUT2D eigenvalue weighted by atomic mass is 16.5. The molecular weight excluding hydrogens is 612 g/mol. The average molecular weight is 689 g/mol. The summed E-state index contributed by atoms with van der Waals surface area (Å²) in [5.74, 6) is -1.27. The first-order valence-electron chi connectivity index (χ1n) is 20.3. The van der Waals surface area contributed by atoms with Crippen molar-refractivity contribution in [2.24, 2.45) is 5.73 Å². The number of carbonyl (C=O) groups is 3. The SMILES string of the molecule is CCC/C=C\CCCCCCCC(=O)OC(CCC/C=C\C/C=C\CCCCCCC)CCCCCCCC(=O)NC(CCCN)C(=O)O. The van der Waals surface area contributed by atoms with Gasteiger partial charge in [-0.3, -0.25) is 9.59 Å². The molecule has 49 heavy (non-hydrogen) atoms. The van der Waals surface area contributed by atoms with Gasteiger partial charge in [-0.05, 0) is 103 Å². The molecule has 4 N–H and O–H groups in total. The van der Waals surface area contributed by atoms with E-state index in [0.717, 1.165) is 83.5 Å². The third-order valence-corrected chi connectivity index (χ3v) is 8.91. The highest BCUT2D eigenvalue weighted by molar-refractivity contribution is 5.83. The molecule has 0 aromatic rings. The van der Waals surface area contributed by atoms with Crippen LogP contribution in [-0.2, 0) is 19.1 Å². The first-order valence-corrected chi connectivity index (χ1v) is 20.3. The highest BCUT2D eigenvalue weighted by Gasteiger charge is 2.19. The Morgan fingerprint density at radius 2 is 1.12 bits per heavy atom. The van der Waals surface area contributed by atoms with Crippen molar-refractivity contribution in [1.29, 1.82) is 0 Å². The van der Waals surface area contributed by atoms with E-state index in [9.17, 15) is 19.5 Å². The summed E-state index contributed by atoms with van der Waals surface area (Å²) >= 11 is 0. The lowest BCUT2D eigenvalue weighted by molar-refractivity contribution is -0.150. The molecule has 0 saturated carbocycles. The standard InChI is InChI=1S/C42H76N2O5/c1-3-5-7-9-11-13-15-16-17-18-20-23-27-32-38(49-41(46)36-30-26-21-19-14-12-10-8-6-4-2)33-28-24-22-25-29-35-40(45)44-39(42(47)48)34-31-37-43/h8,10,15-16,18,20,38-39H,3-7,9,11-14,17,19,21-37,43H2,1-2H3,(H,44,45)(H,47,48)/b10-8-,16-15-,20-18-. The first kappa shape index (κ1) is 46.6. The molecule has 0 spiro atoms. The molecule has 0 aliphatic carbocycles. The summed E-state index contributed by atoms with van der Waals surface area (Å²) in [5.41, 5.74) is 5.47. The van der Waals surface area contributed by atoms with Crippen LogP contribution in [0.15, 0.2) is 36.5 Å². The molecule has 1 amide bonds. The van der Waals surface area contributed by atoms with Crippen LogP contribution in [0.25, 0.3) is 0 Å². The smallest absolute Gasteiger partial charge is 0.326 e. The number of ether oxygens (including phenoxy) is 1. The fraction of sp³-hybridized carbons (Fsp3) is 0.786. The highest BCUT2D eigenvalue weighted by Crippen LogP contribution is 2.18. The van der Waals surface area contributed by atoms with Crippen LogP contribution in [0.5, 0.6) is 0 Å². The summed E-state index contributed by atoms with van der Waals surface area (Å²) in [4.78, 5) is 36.2. The van der Waals surface area contributed by atoms with Crippen molar-refractivity contribution >= 4 is 17.8 Å². The average Bonchev–Trinajstić information content (AvgIpc) is 3.08. The molecule has 2 unspecified atom stereocenters. The molecule has 0 rings (SSSR count). The summed E-state index contributed by atoms with van der Waals surface area (Å²) in [5, 5.41) is 11.9. The Balaban J connectivity index is 4.42. The number of amides is 1. The van der Waals surface area contributed by atoms with E-state index in [0.29, 0.717) is 32.2 Å². The number of carboxylic acid groups (broad SMARTS) is 1. The number of carbonyl (C=O) groups excluding carboxylic acids is 2. The van der Waals surface area contributed by atoms with Crippen molar-refractivity contribution in [1.82, 2.24) is 5.32 Å². The molecule has 0 fully saturated rings. The van der Waals surface area contributed by atoms with Gasteiger partial charge in [0.2, 0.25) is 5.91 Å². The van der Waals surface area contributed by atoms with Crippen molar-refractivity contribution in [3.05, 3.63) is 36.5 Å². The normalized spacial score (nSPS) is 13.0. The second-order valence-electron chi connectivity index (χ2n) is 13.7. The Morgan fingerprint density at radius 1 is 0.592 bits per heavy atom. The third-order valence-electron chi connectivity index (χ3n) is 8.91. The number of allylic oxidation sites excluding steroid dienone is 6. The minimum Gasteiger partial charge on any atom is -0.480 e. The maximum Gasteiger partial charge on any atom is 0.326 e. The van der Waals surface area contributed by atoms with E-state index in [1.165, 1.54) is 70.6 Å². The predicted molar refractivity (Wildman–Crippen MR) is 207 cm³/mol. The van der Waals surface area contributed by atoms with Crippen molar-refractivity contribution < 1.29 is 24.2 Å². The second-order valence-corrected chi connectivity index (χ2v) is 13.7. The van der Waals surface area contributed by atoms with Gasteiger partial charge in [0.1, 0.15) is 12.1 Å². The quantitative estimate of drug-likeness (QED) is 0.0342. The van der Waals surface area contributed by atoms with Crippen LogP contribution < -0.4 is 11.1 Å². The molecule has 0 aromatic carbocycles. The number of nitrogens with one attached hydrogen (secondary N) is 1. The van der Waals surface area contributed by atoms with E-state index in [2.05, 4.69) is 55.6 Å². The van der Waals surface area contributed by atoms with Crippen LogP contribution in [0, 0.1) is 0 Å². The molecule has 0 heterocycles. The van der Waals surface area contributed by atoms with Gasteiger partial charge < -0.3 is 20.9 Å². The number of unbranched alkanes of at least 4 members (excludes halogenated alkanes) is 16. The van der Waals surface area contributed by atoms with Gasteiger partial charge in [0.25, 0.3) is 0 Å². The Kier molecular flexibility index (Phi) is 35.0. The molecule has 0 bridgehead atoms. The van der Waals surface area contributed by atoms with E-state index < -0.39 is 12.0 Å². The summed E-state index contributed by atoms with van der Waals surface area (Å²) in [7, 11) is 0. The maximum absolute atomic E-state index is 12.7. The van der Waals surface area contributed by atoms with Gasteiger partial charge in [-0.25, -0.2) is 4.79 Å². The van der Waals surface area contributed by atoms with Crippen molar-refractivity contribution in [3.8, 4) is 0 Å². The number of esters is 1. The van der Waals surface area contributed by atoms with Crippen LogP contribution in [0.2, 0.25) is 0 Å². The fourth-order valence-electron chi connectivity index (χ4n) is 5.84. The number of nitrogens with two attached hydrogens (primary N) is 1. The van der Waals surface area contributed by atoms with Crippen LogP contribution in [0.1, 0.15) is 194 Å². The van der Waals surface area contributed by atoms with Gasteiger partial charge in [-0.15, -0.1) is 0 Å². The molecule has 0 aromatic heterocycles. The van der Waals surface area contributed by atoms with Gasteiger partial charge in [0, 0.05) is 12.8 Å². The lowest BCUT2D eigenvalue weighted by Gasteiger charge is -2.18. The van der Waals surface area contributed by atoms with Crippen molar-refractivity contribution in [3.63, 3.8) is 0 Å². The van der Waals surface area contributed by atoms with Crippen LogP contribution in [0.4, 0.5) is 0 Å². The summed E-state index contributed by atoms with van der Waals surface area (Å²) in [6.07, 6.45) is 41.8. The Hall–Kier alpha value is -2.41. The zero-order valence-electron chi connectivity index (χ0n) is 31.8. The lowest BCUT2D eigenvalue weighted by Crippen LogP contribution is -2.40. The van der Waals surface area contributed by atoms with Gasteiger partial charge in [0.05, 0.1) is 0 Å². The van der Waals surface area contributed by atoms with E-state index >= 15 is 0 Å². The number of carboxylic acids is 1. The van der Waals surface area contributed by atoms with E-state index in [1.807, 2.05) is 0 Å². The predicted octanol–water partition coefficient (Wildman–Crippen LogP) is 11.1.